The van der Waals surface area contributed by atoms with E-state index in [1.54, 1.807) is 9.80 Å². The average molecular weight is 731 g/mol. The summed E-state index contributed by atoms with van der Waals surface area (Å²) in [6.07, 6.45) is -0.894. The predicted molar refractivity (Wildman–Crippen MR) is 178 cm³/mol. The molecule has 6 rings (SSSR count). The fourth-order valence-electron chi connectivity index (χ4n) is 6.39. The monoisotopic (exact) mass is 730 g/mol. The van der Waals surface area contributed by atoms with Gasteiger partial charge in [-0.2, -0.15) is 18.3 Å². The number of halogens is 4. The number of hydrogen-bond acceptors (Lipinski definition) is 8. The summed E-state index contributed by atoms with van der Waals surface area (Å²) in [5.74, 6) is -0.716. The Morgan fingerprint density at radius 3 is 2.41 bits per heavy atom. The summed E-state index contributed by atoms with van der Waals surface area (Å²) in [5, 5.41) is 16.3. The van der Waals surface area contributed by atoms with Crippen LogP contribution in [0.1, 0.15) is 33.1 Å². The largest absolute Gasteiger partial charge is 0.495 e. The molecule has 0 aliphatic carbocycles. The van der Waals surface area contributed by atoms with E-state index < -0.39 is 23.9 Å². The van der Waals surface area contributed by atoms with Crippen LogP contribution in [0.15, 0.2) is 48.9 Å². The van der Waals surface area contributed by atoms with E-state index in [1.807, 2.05) is 7.05 Å². The number of ether oxygens (including phenoxy) is 1. The summed E-state index contributed by atoms with van der Waals surface area (Å²) in [5.41, 5.74) is -1.07. The minimum absolute atomic E-state index is 0.0152. The molecule has 2 aliphatic rings. The third kappa shape index (κ3) is 7.55. The van der Waals surface area contributed by atoms with Gasteiger partial charge in [0.1, 0.15) is 18.4 Å². The summed E-state index contributed by atoms with van der Waals surface area (Å²) < 4.78 is 49.9. The Morgan fingerprint density at radius 1 is 1.08 bits per heavy atom. The second kappa shape index (κ2) is 14.0. The maximum absolute atomic E-state index is 14.1. The zero-order valence-electron chi connectivity index (χ0n) is 28.0. The van der Waals surface area contributed by atoms with Crippen molar-refractivity contribution in [2.45, 2.75) is 18.7 Å². The van der Waals surface area contributed by atoms with Gasteiger partial charge in [0, 0.05) is 51.5 Å². The fraction of sp³-hybridized carbons (Fsp3) is 0.394. The van der Waals surface area contributed by atoms with Crippen LogP contribution in [-0.2, 0) is 18.0 Å². The second-order valence-corrected chi connectivity index (χ2v) is 13.3. The number of carbonyl (C=O) groups is 3. The molecule has 1 aromatic carbocycles. The molecule has 3 aromatic heterocycles. The lowest BCUT2D eigenvalue weighted by Crippen LogP contribution is -2.55. The number of anilines is 1. The maximum Gasteiger partial charge on any atom is 0.435 e. The van der Waals surface area contributed by atoms with E-state index in [-0.39, 0.29) is 51.0 Å². The van der Waals surface area contributed by atoms with Crippen molar-refractivity contribution in [3.05, 3.63) is 71.0 Å². The number of nitrogens with zero attached hydrogens (tertiary/aromatic N) is 8. The van der Waals surface area contributed by atoms with Crippen molar-refractivity contribution in [3.63, 3.8) is 0 Å². The van der Waals surface area contributed by atoms with Crippen molar-refractivity contribution in [2.75, 3.05) is 65.3 Å². The minimum atomic E-state index is -4.82. The van der Waals surface area contributed by atoms with Gasteiger partial charge >= 0.3 is 6.18 Å². The number of methoxy groups -OCH3 is 1. The molecule has 4 aromatic rings. The molecule has 18 heteroatoms. The first-order valence-electron chi connectivity index (χ1n) is 16.0. The lowest BCUT2D eigenvalue weighted by Gasteiger charge is -2.37. The van der Waals surface area contributed by atoms with Crippen molar-refractivity contribution < 1.29 is 41.9 Å². The summed E-state index contributed by atoms with van der Waals surface area (Å²) in [4.78, 5) is 51.0. The van der Waals surface area contributed by atoms with Crippen LogP contribution in [0.5, 0.6) is 5.75 Å². The van der Waals surface area contributed by atoms with Gasteiger partial charge in [0.15, 0.2) is 23.9 Å². The lowest BCUT2D eigenvalue weighted by atomic mass is 10.1. The van der Waals surface area contributed by atoms with Crippen LogP contribution in [0, 0.1) is 0 Å². The van der Waals surface area contributed by atoms with Crippen molar-refractivity contribution in [1.82, 2.24) is 34.1 Å². The van der Waals surface area contributed by atoms with Crippen molar-refractivity contribution >= 4 is 35.0 Å². The number of amides is 3. The Balaban J connectivity index is 1.11. The number of pyridine rings is 1. The number of aliphatic hydroxyl groups is 1. The number of aliphatic hydroxyl groups excluding tert-OH is 1. The van der Waals surface area contributed by atoms with E-state index in [4.69, 9.17) is 16.3 Å². The fourth-order valence-corrected chi connectivity index (χ4v) is 6.65. The Morgan fingerprint density at radius 2 is 1.80 bits per heavy atom. The Kier molecular flexibility index (Phi) is 9.80. The topological polar surface area (TPSA) is 148 Å². The molecule has 1 unspecified atom stereocenters. The van der Waals surface area contributed by atoms with Gasteiger partial charge in [-0.1, -0.05) is 11.6 Å². The molecule has 0 bridgehead atoms. The quantitative estimate of drug-likeness (QED) is 0.263. The molecule has 2 aliphatic heterocycles. The maximum atomic E-state index is 14.1. The Labute approximate surface area is 295 Å². The zero-order valence-corrected chi connectivity index (χ0v) is 28.8. The number of imidazole rings is 1. The number of aromatic nitrogens is 5. The molecule has 2 N–H and O–H groups in total. The molecule has 0 saturated carbocycles. The van der Waals surface area contributed by atoms with Crippen LogP contribution in [-0.4, -0.2) is 128 Å². The number of rotatable bonds is 8. The van der Waals surface area contributed by atoms with Crippen LogP contribution in [0.3, 0.4) is 0 Å². The molecule has 0 spiro atoms. The highest BCUT2D eigenvalue weighted by molar-refractivity contribution is 6.34. The first kappa shape index (κ1) is 35.8. The van der Waals surface area contributed by atoms with Crippen molar-refractivity contribution in [1.29, 1.82) is 0 Å². The van der Waals surface area contributed by atoms with Gasteiger partial charge in [-0.3, -0.25) is 14.4 Å². The van der Waals surface area contributed by atoms with Crippen LogP contribution in [0.4, 0.5) is 18.9 Å². The van der Waals surface area contributed by atoms with E-state index in [0.717, 1.165) is 23.6 Å². The summed E-state index contributed by atoms with van der Waals surface area (Å²) in [7, 11) is 4.80. The number of benzene rings is 1. The number of hydrogen-bond donors (Lipinski definition) is 2. The van der Waals surface area contributed by atoms with E-state index in [9.17, 15) is 32.7 Å². The molecule has 270 valence electrons. The number of nitrogens with one attached hydrogen (secondary N) is 1. The molecule has 2 atom stereocenters. The average Bonchev–Trinajstić information content (AvgIpc) is 3.80. The second-order valence-electron chi connectivity index (χ2n) is 12.9. The summed E-state index contributed by atoms with van der Waals surface area (Å²) in [6.45, 7) is 2.95. The van der Waals surface area contributed by atoms with E-state index in [1.165, 1.54) is 55.3 Å². The van der Waals surface area contributed by atoms with Gasteiger partial charge in [-0.15, -0.1) is 0 Å². The predicted octanol–water partition coefficient (Wildman–Crippen LogP) is 3.10. The van der Waals surface area contributed by atoms with E-state index >= 15 is 0 Å². The highest BCUT2D eigenvalue weighted by Gasteiger charge is 2.39. The molecule has 0 radical (unpaired) electrons. The van der Waals surface area contributed by atoms with Gasteiger partial charge in [0.2, 0.25) is 0 Å². The third-order valence-corrected chi connectivity index (χ3v) is 9.50. The SMILES string of the molecule is COc1ccc(-n2cc(-c3cnc(C(=O)Nc4ccc(C(=O)N5CCN(C(=O)C[N+]6(C)CC[C@@H](O)C6)CC5)c(Cl)c4)n3C)c(C(F)(F)F)n2)nc1. The number of alkyl halides is 3. The van der Waals surface area contributed by atoms with Gasteiger partial charge < -0.3 is 34.0 Å². The van der Waals surface area contributed by atoms with Gasteiger partial charge in [-0.25, -0.2) is 14.6 Å². The first-order chi connectivity index (χ1) is 24.2. The minimum Gasteiger partial charge on any atom is -0.495 e. The van der Waals surface area contributed by atoms with Gasteiger partial charge in [0.25, 0.3) is 17.7 Å². The first-order valence-corrected chi connectivity index (χ1v) is 16.4. The summed E-state index contributed by atoms with van der Waals surface area (Å²) in [6, 6.07) is 7.36. The molecule has 2 fully saturated rings. The smallest absolute Gasteiger partial charge is 0.435 e. The van der Waals surface area contributed by atoms with Gasteiger partial charge in [-0.05, 0) is 30.3 Å². The summed E-state index contributed by atoms with van der Waals surface area (Å²) >= 11 is 6.49. The standard InChI is InChI=1S/C33H35ClF3N9O5/c1-42-26(24-17-45(41-29(24)33(35,36)37)27-7-5-22(51-3)15-38-27)16-39-30(42)31(49)40-20-4-6-23(25(34)14-20)32(50)44-11-9-43(10-12-44)28(48)19-46(2)13-8-21(47)18-46/h4-7,14-17,21,47H,8-13,18-19H2,1-3H3/p+1/t21-,46?/m1/s1. The molecular weight excluding hydrogens is 695 g/mol. The third-order valence-electron chi connectivity index (χ3n) is 9.19. The Hall–Kier alpha value is -5.00. The highest BCUT2D eigenvalue weighted by Crippen LogP contribution is 2.37. The molecule has 2 saturated heterocycles. The molecule has 14 nitrogen and oxygen atoms in total. The van der Waals surface area contributed by atoms with Gasteiger partial charge in [0.05, 0.1) is 54.9 Å². The van der Waals surface area contributed by atoms with Crippen molar-refractivity contribution in [2.24, 2.45) is 7.05 Å². The highest BCUT2D eigenvalue weighted by atomic mass is 35.5. The van der Waals surface area contributed by atoms with E-state index in [0.29, 0.717) is 55.9 Å². The van der Waals surface area contributed by atoms with Crippen LogP contribution in [0.25, 0.3) is 17.1 Å². The zero-order chi connectivity index (χ0) is 36.7. The molecule has 5 heterocycles. The van der Waals surface area contributed by atoms with E-state index in [2.05, 4.69) is 20.4 Å². The Bertz CT molecular complexity index is 1960. The van der Waals surface area contributed by atoms with Crippen molar-refractivity contribution in [3.8, 4) is 22.8 Å². The van der Waals surface area contributed by atoms with Crippen LogP contribution in [0.2, 0.25) is 5.02 Å². The number of carbonyl (C=O) groups excluding carboxylic acids is 3. The normalized spacial score (nSPS) is 19.3. The number of piperazine rings is 1. The number of likely N-dealkylation sites (tertiary alicyclic amines) is 1. The number of quaternary nitrogens is 1. The lowest BCUT2D eigenvalue weighted by molar-refractivity contribution is -0.891. The molecular formula is C33H36ClF3N9O5+. The van der Waals surface area contributed by atoms with Crippen LogP contribution >= 0.6 is 11.6 Å². The molecule has 3 amide bonds. The van der Waals surface area contributed by atoms with Crippen LogP contribution < -0.4 is 10.1 Å². The molecule has 51 heavy (non-hydrogen) atoms. The number of likely N-dealkylation sites (N-methyl/N-ethyl adjacent to an activating group) is 1.